The molecule has 26 heavy (non-hydrogen) atoms. The minimum absolute atomic E-state index is 0.0321. The first-order valence-electron chi connectivity index (χ1n) is 9.20. The monoisotopic (exact) mass is 380 g/mol. The highest BCUT2D eigenvalue weighted by Crippen LogP contribution is 2.21. The number of nitrogens with one attached hydrogen (secondary N) is 2. The van der Waals surface area contributed by atoms with Gasteiger partial charge < -0.3 is 20.4 Å². The molecule has 0 bridgehead atoms. The summed E-state index contributed by atoms with van der Waals surface area (Å²) in [6, 6.07) is 0.229. The molecule has 1 aromatic rings. The number of amides is 3. The number of carbonyl (C=O) groups is 2. The third-order valence-electron chi connectivity index (χ3n) is 5.01. The first-order chi connectivity index (χ1) is 12.5. The molecule has 0 spiro atoms. The van der Waals surface area contributed by atoms with Gasteiger partial charge in [0, 0.05) is 57.7 Å². The molecule has 8 nitrogen and oxygen atoms in total. The number of anilines is 1. The number of aryl methyl sites for hydroxylation is 1. The Morgan fingerprint density at radius 1 is 1.19 bits per heavy atom. The van der Waals surface area contributed by atoms with Crippen LogP contribution in [-0.4, -0.2) is 85.6 Å². The third kappa shape index (κ3) is 4.85. The number of carbonyl (C=O) groups excluding carboxylic acids is 2. The summed E-state index contributed by atoms with van der Waals surface area (Å²) in [5.74, 6) is 0.0424. The Kier molecular flexibility index (Phi) is 6.31. The lowest BCUT2D eigenvalue weighted by Gasteiger charge is -2.37. The maximum Gasteiger partial charge on any atom is 0.317 e. The van der Waals surface area contributed by atoms with Crippen LogP contribution in [0.15, 0.2) is 5.38 Å². The van der Waals surface area contributed by atoms with Crippen LogP contribution in [0.3, 0.4) is 0 Å². The van der Waals surface area contributed by atoms with E-state index in [1.165, 1.54) is 0 Å². The topological polar surface area (TPSA) is 80.8 Å². The molecule has 0 unspecified atom stereocenters. The van der Waals surface area contributed by atoms with Crippen molar-refractivity contribution in [1.29, 1.82) is 0 Å². The number of aromatic nitrogens is 1. The Balaban J connectivity index is 1.39. The predicted molar refractivity (Wildman–Crippen MR) is 103 cm³/mol. The van der Waals surface area contributed by atoms with Crippen molar-refractivity contribution in [2.24, 2.45) is 0 Å². The molecule has 2 saturated heterocycles. The van der Waals surface area contributed by atoms with E-state index in [0.717, 1.165) is 62.9 Å². The van der Waals surface area contributed by atoms with Crippen molar-refractivity contribution in [2.75, 3.05) is 57.8 Å². The summed E-state index contributed by atoms with van der Waals surface area (Å²) in [7, 11) is 1.66. The van der Waals surface area contributed by atoms with Gasteiger partial charge in [0.05, 0.1) is 12.2 Å². The zero-order valence-corrected chi connectivity index (χ0v) is 16.3. The Bertz CT molecular complexity index is 621. The van der Waals surface area contributed by atoms with Gasteiger partial charge >= 0.3 is 6.03 Å². The third-order valence-corrected chi connectivity index (χ3v) is 6.02. The number of likely N-dealkylation sites (tertiary alicyclic amines) is 1. The van der Waals surface area contributed by atoms with E-state index < -0.39 is 0 Å². The van der Waals surface area contributed by atoms with Gasteiger partial charge in [-0.1, -0.05) is 0 Å². The van der Waals surface area contributed by atoms with E-state index in [-0.39, 0.29) is 18.0 Å². The zero-order valence-electron chi connectivity index (χ0n) is 15.5. The SMILES string of the molecule is CNC(=O)CN1CCC(NC(=O)N2CCN(c3nc(C)cs3)CC2)CC1. The molecule has 0 aromatic carbocycles. The van der Waals surface area contributed by atoms with Crippen LogP contribution in [0.25, 0.3) is 0 Å². The maximum absolute atomic E-state index is 12.5. The minimum Gasteiger partial charge on any atom is -0.358 e. The molecule has 0 aliphatic carbocycles. The number of hydrogen-bond donors (Lipinski definition) is 2. The van der Waals surface area contributed by atoms with Gasteiger partial charge in [-0.05, 0) is 19.8 Å². The molecule has 3 heterocycles. The van der Waals surface area contributed by atoms with Crippen LogP contribution in [0.2, 0.25) is 0 Å². The molecule has 0 atom stereocenters. The fourth-order valence-corrected chi connectivity index (χ4v) is 4.23. The fourth-order valence-electron chi connectivity index (χ4n) is 3.37. The highest BCUT2D eigenvalue weighted by molar-refractivity contribution is 7.13. The van der Waals surface area contributed by atoms with Crippen molar-refractivity contribution in [1.82, 2.24) is 25.4 Å². The summed E-state index contributed by atoms with van der Waals surface area (Å²) in [4.78, 5) is 34.8. The van der Waals surface area contributed by atoms with Gasteiger partial charge in [-0.15, -0.1) is 11.3 Å². The number of piperidine rings is 1. The average Bonchev–Trinajstić information content (AvgIpc) is 3.09. The van der Waals surface area contributed by atoms with Crippen LogP contribution in [0.4, 0.5) is 9.93 Å². The number of hydrogen-bond acceptors (Lipinski definition) is 6. The molecule has 144 valence electrons. The van der Waals surface area contributed by atoms with E-state index >= 15 is 0 Å². The van der Waals surface area contributed by atoms with Crippen LogP contribution < -0.4 is 15.5 Å². The van der Waals surface area contributed by atoms with Gasteiger partial charge in [-0.2, -0.15) is 0 Å². The van der Waals surface area contributed by atoms with E-state index in [1.54, 1.807) is 18.4 Å². The lowest BCUT2D eigenvalue weighted by molar-refractivity contribution is -0.122. The Morgan fingerprint density at radius 2 is 1.88 bits per heavy atom. The van der Waals surface area contributed by atoms with Crippen molar-refractivity contribution in [3.63, 3.8) is 0 Å². The van der Waals surface area contributed by atoms with Crippen molar-refractivity contribution in [3.05, 3.63) is 11.1 Å². The summed E-state index contributed by atoms with van der Waals surface area (Å²) >= 11 is 1.66. The van der Waals surface area contributed by atoms with Crippen LogP contribution in [0.5, 0.6) is 0 Å². The Hall–Kier alpha value is -1.87. The van der Waals surface area contributed by atoms with Gasteiger partial charge in [0.2, 0.25) is 5.91 Å². The molecular formula is C17H28N6O2S. The first kappa shape index (κ1) is 18.9. The molecule has 2 N–H and O–H groups in total. The molecular weight excluding hydrogens is 352 g/mol. The Morgan fingerprint density at radius 3 is 2.46 bits per heavy atom. The van der Waals surface area contributed by atoms with E-state index in [2.05, 4.69) is 30.8 Å². The van der Waals surface area contributed by atoms with Gasteiger partial charge in [-0.3, -0.25) is 9.69 Å². The fraction of sp³-hybridized carbons (Fsp3) is 0.706. The van der Waals surface area contributed by atoms with Gasteiger partial charge in [0.1, 0.15) is 0 Å². The molecule has 0 saturated carbocycles. The second-order valence-corrected chi connectivity index (χ2v) is 7.76. The summed E-state index contributed by atoms with van der Waals surface area (Å²) in [6.07, 6.45) is 1.78. The van der Waals surface area contributed by atoms with Crippen LogP contribution in [-0.2, 0) is 4.79 Å². The van der Waals surface area contributed by atoms with Crippen LogP contribution >= 0.6 is 11.3 Å². The molecule has 3 rings (SSSR count). The second kappa shape index (κ2) is 8.68. The highest BCUT2D eigenvalue weighted by Gasteiger charge is 2.26. The predicted octanol–water partition coefficient (Wildman–Crippen LogP) is 0.494. The summed E-state index contributed by atoms with van der Waals surface area (Å²) in [5, 5.41) is 8.92. The van der Waals surface area contributed by atoms with E-state index in [4.69, 9.17) is 0 Å². The van der Waals surface area contributed by atoms with Crippen molar-refractivity contribution < 1.29 is 9.59 Å². The van der Waals surface area contributed by atoms with Gasteiger partial charge in [0.15, 0.2) is 5.13 Å². The van der Waals surface area contributed by atoms with Crippen LogP contribution in [0.1, 0.15) is 18.5 Å². The maximum atomic E-state index is 12.5. The number of piperazine rings is 1. The molecule has 2 fully saturated rings. The molecule has 1 aromatic heterocycles. The molecule has 2 aliphatic rings. The lowest BCUT2D eigenvalue weighted by Crippen LogP contribution is -2.55. The van der Waals surface area contributed by atoms with Crippen molar-refractivity contribution >= 4 is 28.4 Å². The summed E-state index contributed by atoms with van der Waals surface area (Å²) in [5.41, 5.74) is 1.05. The molecule has 9 heteroatoms. The summed E-state index contributed by atoms with van der Waals surface area (Å²) < 4.78 is 0. The zero-order chi connectivity index (χ0) is 18.5. The molecule has 0 radical (unpaired) electrons. The average molecular weight is 381 g/mol. The van der Waals surface area contributed by atoms with Gasteiger partial charge in [0.25, 0.3) is 0 Å². The molecule has 2 aliphatic heterocycles. The largest absolute Gasteiger partial charge is 0.358 e. The van der Waals surface area contributed by atoms with Crippen LogP contribution in [0, 0.1) is 6.92 Å². The molecule has 3 amide bonds. The lowest BCUT2D eigenvalue weighted by atomic mass is 10.1. The standard InChI is InChI=1S/C17H28N6O2S/c1-13-12-26-17(19-13)23-9-7-22(8-10-23)16(25)20-14-3-5-21(6-4-14)11-15(24)18-2/h12,14H,3-11H2,1-2H3,(H,18,24)(H,20,25). The first-order valence-corrected chi connectivity index (χ1v) is 10.1. The van der Waals surface area contributed by atoms with E-state index in [1.807, 2.05) is 11.8 Å². The minimum atomic E-state index is 0.0321. The number of likely N-dealkylation sites (N-methyl/N-ethyl adjacent to an activating group) is 1. The number of urea groups is 1. The number of rotatable bonds is 4. The number of nitrogens with zero attached hydrogens (tertiary/aromatic N) is 4. The smallest absolute Gasteiger partial charge is 0.317 e. The van der Waals surface area contributed by atoms with Crippen molar-refractivity contribution in [3.8, 4) is 0 Å². The van der Waals surface area contributed by atoms with Crippen molar-refractivity contribution in [2.45, 2.75) is 25.8 Å². The van der Waals surface area contributed by atoms with E-state index in [9.17, 15) is 9.59 Å². The summed E-state index contributed by atoms with van der Waals surface area (Å²) in [6.45, 7) is 7.22. The normalized spacial score (nSPS) is 19.5. The number of thiazole rings is 1. The second-order valence-electron chi connectivity index (χ2n) is 6.92. The van der Waals surface area contributed by atoms with E-state index in [0.29, 0.717) is 6.54 Å². The van der Waals surface area contributed by atoms with Gasteiger partial charge in [-0.25, -0.2) is 9.78 Å². The highest BCUT2D eigenvalue weighted by atomic mass is 32.1. The quantitative estimate of drug-likeness (QED) is 0.795. The Labute approximate surface area is 158 Å².